The molecule has 2 heterocycles. The minimum atomic E-state index is -0.663. The Kier molecular flexibility index (Phi) is 7.42. The summed E-state index contributed by atoms with van der Waals surface area (Å²) < 4.78 is 2.27. The largest absolute Gasteiger partial charge is 0.383 e. The number of H-pyrrole nitrogens is 1. The number of nitrogens with two attached hydrogens (primary N) is 1. The zero-order valence-corrected chi connectivity index (χ0v) is 18.8. The third kappa shape index (κ3) is 5.45. The van der Waals surface area contributed by atoms with Crippen molar-refractivity contribution in [3.8, 4) is 0 Å². The van der Waals surface area contributed by atoms with Crippen LogP contribution in [0.15, 0.2) is 31.6 Å². The molecule has 0 aliphatic carbocycles. The first-order chi connectivity index (χ1) is 13.1. The van der Waals surface area contributed by atoms with Gasteiger partial charge in [-0.25, -0.2) is 4.79 Å². The average Bonchev–Trinajstić information content (AvgIpc) is 3.00. The van der Waals surface area contributed by atoms with E-state index in [1.165, 1.54) is 26.9 Å². The fourth-order valence-electron chi connectivity index (χ4n) is 2.70. The number of carbonyl (C=O) groups is 1. The van der Waals surface area contributed by atoms with Gasteiger partial charge in [0.25, 0.3) is 11.5 Å². The summed E-state index contributed by atoms with van der Waals surface area (Å²) in [6, 6.07) is 3.78. The Morgan fingerprint density at radius 3 is 2.50 bits per heavy atom. The van der Waals surface area contributed by atoms with Crippen molar-refractivity contribution in [1.82, 2.24) is 9.55 Å². The van der Waals surface area contributed by atoms with Crippen molar-refractivity contribution in [2.24, 2.45) is 11.8 Å². The summed E-state index contributed by atoms with van der Waals surface area (Å²) >= 11 is 4.88. The second-order valence-corrected chi connectivity index (χ2v) is 9.81. The van der Waals surface area contributed by atoms with Gasteiger partial charge in [0.05, 0.1) is 3.79 Å². The molecule has 0 saturated carbocycles. The normalized spacial score (nSPS) is 11.7. The first-order valence-corrected chi connectivity index (χ1v) is 10.6. The minimum absolute atomic E-state index is 0.00344. The molecule has 1 amide bonds. The monoisotopic (exact) mass is 468 g/mol. The van der Waals surface area contributed by atoms with Gasteiger partial charge in [-0.2, -0.15) is 0 Å². The lowest BCUT2D eigenvalue weighted by Crippen LogP contribution is -2.42. The summed E-state index contributed by atoms with van der Waals surface area (Å²) in [4.78, 5) is 42.2. The quantitative estimate of drug-likeness (QED) is 0.608. The van der Waals surface area contributed by atoms with Gasteiger partial charge in [-0.1, -0.05) is 27.7 Å². The van der Waals surface area contributed by atoms with Crippen LogP contribution in [0.25, 0.3) is 6.08 Å². The van der Waals surface area contributed by atoms with E-state index in [0.29, 0.717) is 13.1 Å². The number of nitrogens with zero attached hydrogens (tertiary/aromatic N) is 2. The van der Waals surface area contributed by atoms with E-state index in [0.717, 1.165) is 8.66 Å². The molecule has 0 spiro atoms. The standard InChI is InChI=1S/C19H25BrN4O3S/c1-11(2)9-23(15(25)8-6-13-5-7-14(20)28-13)16-17(21)24(10-12(3)4)19(27)22-18(16)26/h5-8,11-12H,9-10,21H2,1-4H3,(H,22,26,27)/b8-6+. The maximum absolute atomic E-state index is 12.9. The van der Waals surface area contributed by atoms with E-state index in [1.807, 2.05) is 39.8 Å². The van der Waals surface area contributed by atoms with Crippen molar-refractivity contribution < 1.29 is 4.79 Å². The molecular weight excluding hydrogens is 444 g/mol. The molecule has 0 unspecified atom stereocenters. The molecule has 0 fully saturated rings. The number of hydrogen-bond acceptors (Lipinski definition) is 5. The number of aromatic nitrogens is 2. The SMILES string of the molecule is CC(C)CN(C(=O)/C=C/c1ccc(Br)s1)c1c(N)n(CC(C)C)c(=O)[nH]c1=O. The van der Waals surface area contributed by atoms with Crippen LogP contribution in [0.2, 0.25) is 0 Å². The van der Waals surface area contributed by atoms with Crippen molar-refractivity contribution in [3.05, 3.63) is 47.7 Å². The highest BCUT2D eigenvalue weighted by molar-refractivity contribution is 9.11. The Balaban J connectivity index is 2.50. The number of halogens is 1. The van der Waals surface area contributed by atoms with E-state index in [9.17, 15) is 14.4 Å². The summed E-state index contributed by atoms with van der Waals surface area (Å²) in [5, 5.41) is 0. The predicted octanol–water partition coefficient (Wildman–Crippen LogP) is 3.30. The van der Waals surface area contributed by atoms with E-state index >= 15 is 0 Å². The summed E-state index contributed by atoms with van der Waals surface area (Å²) in [6.45, 7) is 8.40. The van der Waals surface area contributed by atoms with Gasteiger partial charge in [0.1, 0.15) is 5.82 Å². The van der Waals surface area contributed by atoms with Crippen molar-refractivity contribution in [2.75, 3.05) is 17.2 Å². The van der Waals surface area contributed by atoms with Crippen LogP contribution in [0.5, 0.6) is 0 Å². The number of nitrogens with one attached hydrogen (secondary N) is 1. The predicted molar refractivity (Wildman–Crippen MR) is 119 cm³/mol. The van der Waals surface area contributed by atoms with Gasteiger partial charge in [0.15, 0.2) is 5.69 Å². The highest BCUT2D eigenvalue weighted by Gasteiger charge is 2.24. The topological polar surface area (TPSA) is 101 Å². The molecule has 152 valence electrons. The van der Waals surface area contributed by atoms with Crippen LogP contribution in [0.1, 0.15) is 32.6 Å². The first-order valence-electron chi connectivity index (χ1n) is 8.97. The van der Waals surface area contributed by atoms with Crippen LogP contribution < -0.4 is 21.9 Å². The maximum atomic E-state index is 12.9. The van der Waals surface area contributed by atoms with Crippen molar-refractivity contribution in [2.45, 2.75) is 34.2 Å². The lowest BCUT2D eigenvalue weighted by atomic mass is 10.2. The maximum Gasteiger partial charge on any atom is 0.330 e. The van der Waals surface area contributed by atoms with Gasteiger partial charge in [0, 0.05) is 24.0 Å². The Labute approximate surface area is 176 Å². The third-order valence-corrected chi connectivity index (χ3v) is 5.42. The van der Waals surface area contributed by atoms with Crippen LogP contribution in [-0.2, 0) is 11.3 Å². The zero-order chi connectivity index (χ0) is 21.0. The van der Waals surface area contributed by atoms with E-state index < -0.39 is 11.2 Å². The number of thiophene rings is 1. The number of carbonyl (C=O) groups excluding carboxylic acids is 1. The summed E-state index contributed by atoms with van der Waals surface area (Å²) in [5.41, 5.74) is 4.95. The molecule has 2 rings (SSSR count). The average molecular weight is 469 g/mol. The van der Waals surface area contributed by atoms with Crippen LogP contribution in [0.3, 0.4) is 0 Å². The molecular formula is C19H25BrN4O3S. The first kappa shape index (κ1) is 22.2. The molecule has 0 aliphatic rings. The van der Waals surface area contributed by atoms with Gasteiger partial charge in [-0.05, 0) is 46.0 Å². The Hall–Kier alpha value is -2.13. The molecule has 2 aromatic rings. The molecule has 0 atom stereocenters. The van der Waals surface area contributed by atoms with Crippen molar-refractivity contribution in [3.63, 3.8) is 0 Å². The molecule has 28 heavy (non-hydrogen) atoms. The lowest BCUT2D eigenvalue weighted by molar-refractivity contribution is -0.114. The fraction of sp³-hybridized carbons (Fsp3) is 0.421. The van der Waals surface area contributed by atoms with Crippen LogP contribution in [0, 0.1) is 11.8 Å². The number of aromatic amines is 1. The lowest BCUT2D eigenvalue weighted by Gasteiger charge is -2.25. The van der Waals surface area contributed by atoms with Crippen LogP contribution >= 0.6 is 27.3 Å². The Bertz CT molecular complexity index is 988. The Morgan fingerprint density at radius 2 is 1.96 bits per heavy atom. The van der Waals surface area contributed by atoms with Gasteiger partial charge in [-0.15, -0.1) is 11.3 Å². The summed E-state index contributed by atoms with van der Waals surface area (Å²) in [7, 11) is 0. The number of amides is 1. The summed E-state index contributed by atoms with van der Waals surface area (Å²) in [5.74, 6) is -0.128. The molecule has 0 aromatic carbocycles. The molecule has 9 heteroatoms. The highest BCUT2D eigenvalue weighted by Crippen LogP contribution is 2.24. The van der Waals surface area contributed by atoms with Crippen molar-refractivity contribution >= 4 is 50.8 Å². The van der Waals surface area contributed by atoms with E-state index in [-0.39, 0.29) is 29.2 Å². The van der Waals surface area contributed by atoms with Crippen LogP contribution in [-0.4, -0.2) is 22.0 Å². The molecule has 0 bridgehead atoms. The van der Waals surface area contributed by atoms with Crippen molar-refractivity contribution in [1.29, 1.82) is 0 Å². The molecule has 7 nitrogen and oxygen atoms in total. The van der Waals surface area contributed by atoms with Gasteiger partial charge in [-0.3, -0.25) is 19.1 Å². The smallest absolute Gasteiger partial charge is 0.330 e. The second-order valence-electron chi connectivity index (χ2n) is 7.32. The number of nitrogen functional groups attached to an aromatic ring is 1. The minimum Gasteiger partial charge on any atom is -0.383 e. The molecule has 2 aromatic heterocycles. The highest BCUT2D eigenvalue weighted by atomic mass is 79.9. The van der Waals surface area contributed by atoms with Gasteiger partial charge < -0.3 is 10.6 Å². The molecule has 3 N–H and O–H groups in total. The molecule has 0 aliphatic heterocycles. The third-order valence-electron chi connectivity index (χ3n) is 3.83. The molecule has 0 radical (unpaired) electrons. The zero-order valence-electron chi connectivity index (χ0n) is 16.4. The van der Waals surface area contributed by atoms with Gasteiger partial charge in [0.2, 0.25) is 0 Å². The summed E-state index contributed by atoms with van der Waals surface area (Å²) in [6.07, 6.45) is 3.11. The Morgan fingerprint density at radius 1 is 1.29 bits per heavy atom. The number of rotatable bonds is 7. The number of hydrogen-bond donors (Lipinski definition) is 2. The van der Waals surface area contributed by atoms with E-state index in [2.05, 4.69) is 20.9 Å². The number of anilines is 2. The fourth-order valence-corrected chi connectivity index (χ4v) is 4.03. The van der Waals surface area contributed by atoms with Crippen LogP contribution in [0.4, 0.5) is 11.5 Å². The van der Waals surface area contributed by atoms with Gasteiger partial charge >= 0.3 is 5.69 Å². The molecule has 0 saturated heterocycles. The second kappa shape index (κ2) is 9.38. The van der Waals surface area contributed by atoms with E-state index in [4.69, 9.17) is 5.73 Å². The van der Waals surface area contributed by atoms with E-state index in [1.54, 1.807) is 6.08 Å².